The molecule has 1 aromatic carbocycles. The van der Waals surface area contributed by atoms with Crippen LogP contribution in [-0.2, 0) is 26.8 Å². The molecule has 2 aromatic rings. The Hall–Kier alpha value is -2.00. The van der Waals surface area contributed by atoms with E-state index in [1.54, 1.807) is 6.07 Å². The molecule has 0 aliphatic heterocycles. The first-order valence-corrected chi connectivity index (χ1v) is 9.22. The number of alkyl halides is 1. The molecule has 130 valence electrons. The second-order valence-corrected chi connectivity index (χ2v) is 7.03. The summed E-state index contributed by atoms with van der Waals surface area (Å²) in [6.45, 7) is 0.352. The van der Waals surface area contributed by atoms with E-state index in [-0.39, 0.29) is 23.2 Å². The van der Waals surface area contributed by atoms with E-state index in [2.05, 4.69) is 15.5 Å². The lowest BCUT2D eigenvalue weighted by Gasteiger charge is -2.02. The number of sulfone groups is 1. The zero-order chi connectivity index (χ0) is 17.6. The lowest BCUT2D eigenvalue weighted by molar-refractivity contribution is -0.118. The molecule has 2 rings (SSSR count). The third-order valence-electron chi connectivity index (χ3n) is 3.03. The molecule has 0 saturated heterocycles. The van der Waals surface area contributed by atoms with E-state index in [4.69, 9.17) is 16.0 Å². The molecule has 0 bridgehead atoms. The summed E-state index contributed by atoms with van der Waals surface area (Å²) in [6.07, 6.45) is 0.780. The second-order valence-electron chi connectivity index (χ2n) is 4.90. The Morgan fingerprint density at radius 2 is 2.04 bits per heavy atom. The van der Waals surface area contributed by atoms with Gasteiger partial charge in [-0.3, -0.25) is 4.79 Å². The van der Waals surface area contributed by atoms with Gasteiger partial charge < -0.3 is 9.73 Å². The predicted octanol–water partition coefficient (Wildman–Crippen LogP) is 1.47. The standard InChI is InChI=1S/C14H15ClFN3O4S/c15-8-12(20)17-7-3-6-13-18-19-14(23-13)24(21,22)9-10-4-1-2-5-11(10)16/h1-2,4-5H,3,6-9H2,(H,17,20). The van der Waals surface area contributed by atoms with Crippen molar-refractivity contribution >= 4 is 27.3 Å². The van der Waals surface area contributed by atoms with E-state index in [1.165, 1.54) is 18.2 Å². The highest BCUT2D eigenvalue weighted by Gasteiger charge is 2.24. The number of carbonyl (C=O) groups is 1. The quantitative estimate of drug-likeness (QED) is 0.553. The molecular weight excluding hydrogens is 361 g/mol. The number of hydrogen-bond donors (Lipinski definition) is 1. The topological polar surface area (TPSA) is 102 Å². The van der Waals surface area contributed by atoms with Crippen molar-refractivity contribution < 1.29 is 22.0 Å². The van der Waals surface area contributed by atoms with Gasteiger partial charge in [-0.25, -0.2) is 12.8 Å². The largest absolute Gasteiger partial charge is 0.413 e. The summed E-state index contributed by atoms with van der Waals surface area (Å²) < 4.78 is 43.1. The Morgan fingerprint density at radius 1 is 1.29 bits per heavy atom. The van der Waals surface area contributed by atoms with Crippen molar-refractivity contribution in [1.29, 1.82) is 0 Å². The molecule has 1 amide bonds. The molecule has 10 heteroatoms. The van der Waals surface area contributed by atoms with Crippen LogP contribution in [0.25, 0.3) is 0 Å². The van der Waals surface area contributed by atoms with Crippen LogP contribution in [0.15, 0.2) is 33.9 Å². The molecule has 0 spiro atoms. The molecular formula is C14H15ClFN3O4S. The number of rotatable bonds is 8. The van der Waals surface area contributed by atoms with Crippen molar-refractivity contribution in [3.05, 3.63) is 41.5 Å². The van der Waals surface area contributed by atoms with Gasteiger partial charge in [0.25, 0.3) is 0 Å². The first kappa shape index (κ1) is 18.3. The molecule has 24 heavy (non-hydrogen) atoms. The number of carbonyl (C=O) groups excluding carboxylic acids is 1. The Labute approximate surface area is 143 Å². The van der Waals surface area contributed by atoms with Crippen molar-refractivity contribution in [2.75, 3.05) is 12.4 Å². The lowest BCUT2D eigenvalue weighted by Crippen LogP contribution is -2.25. The van der Waals surface area contributed by atoms with Gasteiger partial charge in [0.1, 0.15) is 11.7 Å². The first-order chi connectivity index (χ1) is 11.4. The van der Waals surface area contributed by atoms with Crippen LogP contribution < -0.4 is 5.32 Å². The third kappa shape index (κ3) is 5.00. The number of nitrogens with zero attached hydrogens (tertiary/aromatic N) is 2. The van der Waals surface area contributed by atoms with Crippen molar-refractivity contribution in [2.45, 2.75) is 23.8 Å². The zero-order valence-corrected chi connectivity index (χ0v) is 14.1. The SMILES string of the molecule is O=C(CCl)NCCCc1nnc(S(=O)(=O)Cc2ccccc2F)o1. The van der Waals surface area contributed by atoms with Gasteiger partial charge in [0.2, 0.25) is 21.6 Å². The summed E-state index contributed by atoms with van der Waals surface area (Å²) in [5.41, 5.74) is 0.0287. The summed E-state index contributed by atoms with van der Waals surface area (Å²) >= 11 is 5.33. The van der Waals surface area contributed by atoms with Crippen LogP contribution in [0.1, 0.15) is 17.9 Å². The maximum Gasteiger partial charge on any atom is 0.335 e. The Morgan fingerprint density at radius 3 is 2.75 bits per heavy atom. The highest BCUT2D eigenvalue weighted by molar-refractivity contribution is 7.90. The Balaban J connectivity index is 1.96. The summed E-state index contributed by atoms with van der Waals surface area (Å²) in [7, 11) is -3.93. The molecule has 0 aliphatic carbocycles. The number of aryl methyl sites for hydroxylation is 1. The average molecular weight is 376 g/mol. The number of halogens is 2. The highest BCUT2D eigenvalue weighted by atomic mass is 35.5. The van der Waals surface area contributed by atoms with E-state index in [0.29, 0.717) is 19.4 Å². The van der Waals surface area contributed by atoms with Crippen LogP contribution in [0.3, 0.4) is 0 Å². The number of benzene rings is 1. The van der Waals surface area contributed by atoms with E-state index in [9.17, 15) is 17.6 Å². The fourth-order valence-electron chi connectivity index (χ4n) is 1.86. The van der Waals surface area contributed by atoms with Gasteiger partial charge in [-0.1, -0.05) is 23.3 Å². The minimum atomic E-state index is -3.93. The van der Waals surface area contributed by atoms with E-state index in [0.717, 1.165) is 0 Å². The molecule has 0 unspecified atom stereocenters. The molecule has 7 nitrogen and oxygen atoms in total. The van der Waals surface area contributed by atoms with Crippen molar-refractivity contribution in [2.24, 2.45) is 0 Å². The fraction of sp³-hybridized carbons (Fsp3) is 0.357. The van der Waals surface area contributed by atoms with Crippen LogP contribution in [0.2, 0.25) is 0 Å². The van der Waals surface area contributed by atoms with Crippen LogP contribution in [0, 0.1) is 5.82 Å². The van der Waals surface area contributed by atoms with E-state index < -0.39 is 26.6 Å². The molecule has 1 heterocycles. The number of aromatic nitrogens is 2. The van der Waals surface area contributed by atoms with Crippen LogP contribution in [-0.4, -0.2) is 36.9 Å². The van der Waals surface area contributed by atoms with Gasteiger partial charge in [-0.2, -0.15) is 0 Å². The maximum atomic E-state index is 13.6. The first-order valence-electron chi connectivity index (χ1n) is 7.03. The molecule has 0 atom stereocenters. The minimum Gasteiger partial charge on any atom is -0.413 e. The second kappa shape index (κ2) is 8.20. The monoisotopic (exact) mass is 375 g/mol. The lowest BCUT2D eigenvalue weighted by atomic mass is 10.2. The Bertz CT molecular complexity index is 810. The molecule has 0 fully saturated rings. The molecule has 0 saturated carbocycles. The summed E-state index contributed by atoms with van der Waals surface area (Å²) in [6, 6.07) is 5.57. The summed E-state index contributed by atoms with van der Waals surface area (Å²) in [4.78, 5) is 11.0. The summed E-state index contributed by atoms with van der Waals surface area (Å²) in [5.74, 6) is -1.47. The smallest absolute Gasteiger partial charge is 0.335 e. The highest BCUT2D eigenvalue weighted by Crippen LogP contribution is 2.17. The van der Waals surface area contributed by atoms with Crippen molar-refractivity contribution in [3.8, 4) is 0 Å². The average Bonchev–Trinajstić information content (AvgIpc) is 3.03. The van der Waals surface area contributed by atoms with Gasteiger partial charge in [-0.15, -0.1) is 16.7 Å². The number of hydrogen-bond acceptors (Lipinski definition) is 6. The van der Waals surface area contributed by atoms with Gasteiger partial charge in [0.05, 0.1) is 5.75 Å². The predicted molar refractivity (Wildman–Crippen MR) is 83.6 cm³/mol. The Kier molecular flexibility index (Phi) is 6.27. The van der Waals surface area contributed by atoms with Crippen LogP contribution >= 0.6 is 11.6 Å². The van der Waals surface area contributed by atoms with Crippen molar-refractivity contribution in [1.82, 2.24) is 15.5 Å². The van der Waals surface area contributed by atoms with Gasteiger partial charge >= 0.3 is 5.22 Å². The van der Waals surface area contributed by atoms with Crippen LogP contribution in [0.5, 0.6) is 0 Å². The van der Waals surface area contributed by atoms with E-state index >= 15 is 0 Å². The summed E-state index contributed by atoms with van der Waals surface area (Å²) in [5, 5.41) is 9.17. The molecule has 1 aromatic heterocycles. The zero-order valence-electron chi connectivity index (χ0n) is 12.5. The van der Waals surface area contributed by atoms with Crippen molar-refractivity contribution in [3.63, 3.8) is 0 Å². The van der Waals surface area contributed by atoms with Gasteiger partial charge in [-0.05, 0) is 12.5 Å². The molecule has 0 radical (unpaired) electrons. The maximum absolute atomic E-state index is 13.6. The van der Waals surface area contributed by atoms with Crippen LogP contribution in [0.4, 0.5) is 4.39 Å². The number of amides is 1. The van der Waals surface area contributed by atoms with Gasteiger partial charge in [0.15, 0.2) is 0 Å². The normalized spacial score (nSPS) is 11.4. The third-order valence-corrected chi connectivity index (χ3v) is 4.66. The molecule has 1 N–H and O–H groups in total. The number of nitrogens with one attached hydrogen (secondary N) is 1. The van der Waals surface area contributed by atoms with E-state index in [1.807, 2.05) is 0 Å². The van der Waals surface area contributed by atoms with Gasteiger partial charge in [0, 0.05) is 18.5 Å². The molecule has 0 aliphatic rings. The fourth-order valence-corrected chi connectivity index (χ4v) is 3.11. The minimum absolute atomic E-state index is 0.0287.